The minimum absolute atomic E-state index is 0.230. The molecule has 1 unspecified atom stereocenters. The number of aryl methyl sites for hydroxylation is 1. The van der Waals surface area contributed by atoms with Crippen LogP contribution in [-0.4, -0.2) is 38.6 Å². The fraction of sp³-hybridized carbons (Fsp3) is 0.353. The van der Waals surface area contributed by atoms with Gasteiger partial charge >= 0.3 is 11.8 Å². The van der Waals surface area contributed by atoms with Crippen molar-refractivity contribution in [2.75, 3.05) is 7.11 Å². The van der Waals surface area contributed by atoms with Gasteiger partial charge in [-0.2, -0.15) is 0 Å². The monoisotopic (exact) mass is 376 g/mol. The molecule has 0 aliphatic rings. The molecule has 1 aromatic carbocycles. The van der Waals surface area contributed by atoms with Crippen LogP contribution in [0.1, 0.15) is 24.7 Å². The number of nitro groups is 1. The Morgan fingerprint density at radius 3 is 2.70 bits per heavy atom. The van der Waals surface area contributed by atoms with E-state index in [4.69, 9.17) is 4.74 Å². The number of benzene rings is 1. The van der Waals surface area contributed by atoms with E-state index >= 15 is 0 Å². The standard InChI is InChI=1S/C17H20N4O6/c1-11-18-14(21(25)26)9-20(11)10-15(22)19-17(2,8-16(23)24)12-5-4-6-13(7-12)27-3/h4-7,9H,8,10H2,1-3H3,(H,19,22)(H,23,24). The Balaban J connectivity index is 2.26. The Hall–Kier alpha value is -3.43. The van der Waals surface area contributed by atoms with E-state index in [1.54, 1.807) is 38.1 Å². The molecule has 1 aromatic heterocycles. The predicted molar refractivity (Wildman–Crippen MR) is 94.4 cm³/mol. The largest absolute Gasteiger partial charge is 0.497 e. The van der Waals surface area contributed by atoms with Gasteiger partial charge in [0.15, 0.2) is 0 Å². The van der Waals surface area contributed by atoms with Gasteiger partial charge in [0.25, 0.3) is 0 Å². The fourth-order valence-electron chi connectivity index (χ4n) is 2.73. The molecular weight excluding hydrogens is 356 g/mol. The van der Waals surface area contributed by atoms with E-state index in [0.29, 0.717) is 17.1 Å². The molecule has 1 amide bonds. The van der Waals surface area contributed by atoms with E-state index in [-0.39, 0.29) is 18.8 Å². The molecule has 2 N–H and O–H groups in total. The van der Waals surface area contributed by atoms with Crippen molar-refractivity contribution in [1.82, 2.24) is 14.9 Å². The van der Waals surface area contributed by atoms with E-state index in [2.05, 4.69) is 10.3 Å². The quantitative estimate of drug-likeness (QED) is 0.527. The molecule has 0 aliphatic carbocycles. The van der Waals surface area contributed by atoms with E-state index in [1.165, 1.54) is 11.7 Å². The van der Waals surface area contributed by atoms with Crippen LogP contribution < -0.4 is 10.1 Å². The first-order valence-corrected chi connectivity index (χ1v) is 8.00. The molecule has 10 heteroatoms. The van der Waals surface area contributed by atoms with Gasteiger partial charge in [0, 0.05) is 6.92 Å². The number of aliphatic carboxylic acids is 1. The van der Waals surface area contributed by atoms with Crippen molar-refractivity contribution in [1.29, 1.82) is 0 Å². The number of carbonyl (C=O) groups excluding carboxylic acids is 1. The first-order valence-electron chi connectivity index (χ1n) is 8.00. The third-order valence-corrected chi connectivity index (χ3v) is 4.09. The lowest BCUT2D eigenvalue weighted by Gasteiger charge is -2.30. The molecule has 0 saturated carbocycles. The van der Waals surface area contributed by atoms with Crippen molar-refractivity contribution >= 4 is 17.7 Å². The second kappa shape index (κ2) is 7.85. The maximum absolute atomic E-state index is 12.5. The van der Waals surface area contributed by atoms with Gasteiger partial charge in [-0.05, 0) is 34.5 Å². The Morgan fingerprint density at radius 1 is 1.44 bits per heavy atom. The Labute approximate surface area is 154 Å². The van der Waals surface area contributed by atoms with E-state index in [9.17, 15) is 24.8 Å². The van der Waals surface area contributed by atoms with Crippen molar-refractivity contribution in [3.63, 3.8) is 0 Å². The zero-order chi connectivity index (χ0) is 20.2. The van der Waals surface area contributed by atoms with Crippen molar-refractivity contribution < 1.29 is 24.4 Å². The van der Waals surface area contributed by atoms with Crippen LogP contribution in [-0.2, 0) is 21.7 Å². The lowest BCUT2D eigenvalue weighted by Crippen LogP contribution is -2.46. The molecular formula is C17H20N4O6. The number of hydrogen-bond acceptors (Lipinski definition) is 6. The maximum Gasteiger partial charge on any atom is 0.381 e. The molecule has 2 rings (SSSR count). The number of aromatic nitrogens is 2. The number of nitrogens with one attached hydrogen (secondary N) is 1. The van der Waals surface area contributed by atoms with E-state index in [1.807, 2.05) is 0 Å². The van der Waals surface area contributed by atoms with Gasteiger partial charge in [-0.15, -0.1) is 0 Å². The number of imidazole rings is 1. The molecule has 27 heavy (non-hydrogen) atoms. The summed E-state index contributed by atoms with van der Waals surface area (Å²) in [6.07, 6.45) is 0.809. The van der Waals surface area contributed by atoms with Crippen LogP contribution in [0, 0.1) is 17.0 Å². The number of carbonyl (C=O) groups is 2. The third kappa shape index (κ3) is 4.81. The number of ether oxygens (including phenoxy) is 1. The van der Waals surface area contributed by atoms with Crippen molar-refractivity contribution in [2.45, 2.75) is 32.4 Å². The Morgan fingerprint density at radius 2 is 2.15 bits per heavy atom. The number of carboxylic acids is 1. The zero-order valence-electron chi connectivity index (χ0n) is 15.1. The minimum atomic E-state index is -1.20. The van der Waals surface area contributed by atoms with Crippen LogP contribution in [0.25, 0.3) is 0 Å². The van der Waals surface area contributed by atoms with Crippen LogP contribution in [0.3, 0.4) is 0 Å². The molecule has 10 nitrogen and oxygen atoms in total. The normalized spacial score (nSPS) is 12.9. The fourth-order valence-corrected chi connectivity index (χ4v) is 2.73. The van der Waals surface area contributed by atoms with Gasteiger partial charge in [0.1, 0.15) is 18.5 Å². The Bertz CT molecular complexity index is 878. The first-order chi connectivity index (χ1) is 12.6. The number of rotatable bonds is 8. The molecule has 0 aliphatic heterocycles. The first kappa shape index (κ1) is 19.9. The molecule has 144 valence electrons. The summed E-state index contributed by atoms with van der Waals surface area (Å²) in [5.74, 6) is -1.12. The highest BCUT2D eigenvalue weighted by Gasteiger charge is 2.32. The summed E-state index contributed by atoms with van der Waals surface area (Å²) < 4.78 is 6.49. The number of amides is 1. The summed E-state index contributed by atoms with van der Waals surface area (Å²) in [6.45, 7) is 2.90. The smallest absolute Gasteiger partial charge is 0.381 e. The summed E-state index contributed by atoms with van der Waals surface area (Å²) in [7, 11) is 1.49. The molecule has 2 aromatic rings. The van der Waals surface area contributed by atoms with Crippen LogP contribution in [0.15, 0.2) is 30.5 Å². The van der Waals surface area contributed by atoms with Crippen molar-refractivity contribution in [3.8, 4) is 5.75 Å². The number of nitrogens with zero attached hydrogens (tertiary/aromatic N) is 3. The second-order valence-corrected chi connectivity index (χ2v) is 6.21. The lowest BCUT2D eigenvalue weighted by molar-refractivity contribution is -0.389. The molecule has 0 spiro atoms. The Kier molecular flexibility index (Phi) is 5.78. The van der Waals surface area contributed by atoms with E-state index < -0.39 is 22.3 Å². The van der Waals surface area contributed by atoms with Gasteiger partial charge in [0.05, 0.1) is 19.1 Å². The minimum Gasteiger partial charge on any atom is -0.497 e. The average molecular weight is 376 g/mol. The number of methoxy groups -OCH3 is 1. The van der Waals surface area contributed by atoms with Crippen molar-refractivity contribution in [2.24, 2.45) is 0 Å². The lowest BCUT2D eigenvalue weighted by atomic mass is 9.88. The van der Waals surface area contributed by atoms with Gasteiger partial charge in [-0.3, -0.25) is 14.2 Å². The molecule has 1 heterocycles. The van der Waals surface area contributed by atoms with E-state index in [0.717, 1.165) is 6.20 Å². The summed E-state index contributed by atoms with van der Waals surface area (Å²) in [5.41, 5.74) is -0.636. The summed E-state index contributed by atoms with van der Waals surface area (Å²) in [6, 6.07) is 6.75. The highest BCUT2D eigenvalue weighted by atomic mass is 16.6. The van der Waals surface area contributed by atoms with Gasteiger partial charge in [-0.1, -0.05) is 12.1 Å². The van der Waals surface area contributed by atoms with Gasteiger partial charge in [0.2, 0.25) is 11.7 Å². The van der Waals surface area contributed by atoms with Gasteiger partial charge < -0.3 is 25.3 Å². The van der Waals surface area contributed by atoms with Gasteiger partial charge in [-0.25, -0.2) is 0 Å². The molecule has 0 fully saturated rings. The van der Waals surface area contributed by atoms with Crippen LogP contribution >= 0.6 is 0 Å². The molecule has 0 radical (unpaired) electrons. The third-order valence-electron chi connectivity index (χ3n) is 4.09. The zero-order valence-corrected chi connectivity index (χ0v) is 15.1. The van der Waals surface area contributed by atoms with Crippen LogP contribution in [0.5, 0.6) is 5.75 Å². The second-order valence-electron chi connectivity index (χ2n) is 6.21. The summed E-state index contributed by atoms with van der Waals surface area (Å²) >= 11 is 0. The molecule has 0 bridgehead atoms. The number of carboxylic acid groups (broad SMARTS) is 1. The summed E-state index contributed by atoms with van der Waals surface area (Å²) in [4.78, 5) is 37.8. The number of hydrogen-bond donors (Lipinski definition) is 2. The molecule has 0 saturated heterocycles. The average Bonchev–Trinajstić information content (AvgIpc) is 2.95. The van der Waals surface area contributed by atoms with Crippen LogP contribution in [0.2, 0.25) is 0 Å². The highest BCUT2D eigenvalue weighted by molar-refractivity contribution is 5.78. The summed E-state index contributed by atoms with van der Waals surface area (Å²) in [5, 5.41) is 22.8. The van der Waals surface area contributed by atoms with Crippen molar-refractivity contribution in [3.05, 3.63) is 52.0 Å². The predicted octanol–water partition coefficient (Wildman–Crippen LogP) is 1.61. The highest BCUT2D eigenvalue weighted by Crippen LogP contribution is 2.28. The SMILES string of the molecule is COc1cccc(C(C)(CC(=O)O)NC(=O)Cn2cc([N+](=O)[O-])nc2C)c1. The topological polar surface area (TPSA) is 137 Å². The molecule has 1 atom stereocenters. The van der Waals surface area contributed by atoms with Crippen LogP contribution in [0.4, 0.5) is 5.82 Å². The maximum atomic E-state index is 12.5.